The predicted octanol–water partition coefficient (Wildman–Crippen LogP) is 4.18. The van der Waals surface area contributed by atoms with Crippen LogP contribution in [-0.4, -0.2) is 7.11 Å². The first-order chi connectivity index (χ1) is 9.01. The Hall–Kier alpha value is -1.68. The zero-order valence-corrected chi connectivity index (χ0v) is 12.0. The largest absolute Gasteiger partial charge is 0.494 e. The molecule has 0 aliphatic carbocycles. The lowest BCUT2D eigenvalue weighted by Crippen LogP contribution is -1.94. The maximum atomic E-state index is 13.5. The fourth-order valence-electron chi connectivity index (χ4n) is 1.73. The number of nitrogens with two attached hydrogens (primary N) is 1. The topological polar surface area (TPSA) is 35.2 Å². The maximum Gasteiger partial charge on any atom is 0.167 e. The molecule has 0 aromatic heterocycles. The highest BCUT2D eigenvalue weighted by Gasteiger charge is 2.10. The molecular formula is C15H16FNOS. The Bertz CT molecular complexity index is 613. The molecule has 0 saturated carbocycles. The van der Waals surface area contributed by atoms with Gasteiger partial charge in [0.05, 0.1) is 7.11 Å². The number of ether oxygens (including phenoxy) is 1. The molecule has 0 radical (unpaired) electrons. The van der Waals surface area contributed by atoms with Crippen molar-refractivity contribution in [1.82, 2.24) is 0 Å². The van der Waals surface area contributed by atoms with Crippen LogP contribution in [-0.2, 0) is 0 Å². The van der Waals surface area contributed by atoms with Crippen molar-refractivity contribution in [3.8, 4) is 5.75 Å². The molecule has 19 heavy (non-hydrogen) atoms. The summed E-state index contributed by atoms with van der Waals surface area (Å²) in [7, 11) is 1.45. The molecule has 2 aromatic carbocycles. The van der Waals surface area contributed by atoms with Gasteiger partial charge in [0.1, 0.15) is 0 Å². The van der Waals surface area contributed by atoms with Gasteiger partial charge in [-0.1, -0.05) is 23.9 Å². The van der Waals surface area contributed by atoms with Gasteiger partial charge < -0.3 is 10.5 Å². The number of hydrogen-bond acceptors (Lipinski definition) is 3. The molecule has 0 amide bonds. The summed E-state index contributed by atoms with van der Waals surface area (Å²) in [5, 5.41) is 0. The Morgan fingerprint density at radius 3 is 2.53 bits per heavy atom. The minimum absolute atomic E-state index is 0.210. The van der Waals surface area contributed by atoms with Crippen LogP contribution in [0.2, 0.25) is 0 Å². The molecule has 2 aromatic rings. The average molecular weight is 277 g/mol. The van der Waals surface area contributed by atoms with Crippen molar-refractivity contribution in [2.45, 2.75) is 23.6 Å². The van der Waals surface area contributed by atoms with Crippen LogP contribution in [0, 0.1) is 19.7 Å². The van der Waals surface area contributed by atoms with Crippen molar-refractivity contribution in [1.29, 1.82) is 0 Å². The third kappa shape index (κ3) is 3.01. The Morgan fingerprint density at radius 2 is 1.84 bits per heavy atom. The molecule has 0 heterocycles. The molecule has 0 bridgehead atoms. The van der Waals surface area contributed by atoms with Crippen LogP contribution < -0.4 is 10.5 Å². The summed E-state index contributed by atoms with van der Waals surface area (Å²) >= 11 is 1.52. The minimum atomic E-state index is -0.440. The van der Waals surface area contributed by atoms with Gasteiger partial charge in [-0.15, -0.1) is 0 Å². The Morgan fingerprint density at radius 1 is 1.11 bits per heavy atom. The van der Waals surface area contributed by atoms with Gasteiger partial charge in [-0.05, 0) is 37.1 Å². The van der Waals surface area contributed by atoms with Gasteiger partial charge in [-0.2, -0.15) is 0 Å². The van der Waals surface area contributed by atoms with Gasteiger partial charge >= 0.3 is 0 Å². The second kappa shape index (κ2) is 5.53. The number of nitrogen functional groups attached to an aromatic ring is 1. The van der Waals surface area contributed by atoms with Crippen molar-refractivity contribution < 1.29 is 9.13 Å². The van der Waals surface area contributed by atoms with Crippen molar-refractivity contribution >= 4 is 17.4 Å². The fraction of sp³-hybridized carbons (Fsp3) is 0.200. The van der Waals surface area contributed by atoms with Crippen molar-refractivity contribution in [2.24, 2.45) is 0 Å². The molecule has 0 saturated heterocycles. The van der Waals surface area contributed by atoms with Gasteiger partial charge in [0, 0.05) is 21.5 Å². The Balaban J connectivity index is 2.40. The summed E-state index contributed by atoms with van der Waals surface area (Å²) in [6, 6.07) is 9.15. The zero-order valence-electron chi connectivity index (χ0n) is 11.2. The molecule has 2 N–H and O–H groups in total. The van der Waals surface area contributed by atoms with Crippen LogP contribution in [0.15, 0.2) is 40.1 Å². The summed E-state index contributed by atoms with van der Waals surface area (Å²) in [6.07, 6.45) is 0. The lowest BCUT2D eigenvalue weighted by Gasteiger charge is -2.11. The number of aryl methyl sites for hydroxylation is 2. The van der Waals surface area contributed by atoms with Gasteiger partial charge in [0.25, 0.3) is 0 Å². The highest BCUT2D eigenvalue weighted by Crippen LogP contribution is 2.37. The highest BCUT2D eigenvalue weighted by atomic mass is 32.2. The maximum absolute atomic E-state index is 13.5. The molecule has 4 heteroatoms. The van der Waals surface area contributed by atoms with E-state index in [0.717, 1.165) is 9.79 Å². The van der Waals surface area contributed by atoms with Crippen molar-refractivity contribution in [2.75, 3.05) is 12.8 Å². The molecule has 100 valence electrons. The SMILES string of the molecule is COc1cc(Sc2cc(C)ccc2C)c(N)cc1F. The van der Waals surface area contributed by atoms with Crippen LogP contribution in [0.1, 0.15) is 11.1 Å². The van der Waals surface area contributed by atoms with Gasteiger partial charge in [0.2, 0.25) is 0 Å². The third-order valence-corrected chi connectivity index (χ3v) is 4.08. The van der Waals surface area contributed by atoms with Crippen LogP contribution in [0.4, 0.5) is 10.1 Å². The molecular weight excluding hydrogens is 261 g/mol. The van der Waals surface area contributed by atoms with E-state index in [0.29, 0.717) is 5.69 Å². The van der Waals surface area contributed by atoms with E-state index < -0.39 is 5.82 Å². The number of anilines is 1. The lowest BCUT2D eigenvalue weighted by molar-refractivity contribution is 0.385. The summed E-state index contributed by atoms with van der Waals surface area (Å²) < 4.78 is 18.5. The van der Waals surface area contributed by atoms with E-state index in [9.17, 15) is 4.39 Å². The van der Waals surface area contributed by atoms with E-state index in [1.165, 1.54) is 36.1 Å². The first-order valence-electron chi connectivity index (χ1n) is 5.89. The van der Waals surface area contributed by atoms with E-state index in [1.54, 1.807) is 6.07 Å². The summed E-state index contributed by atoms with van der Waals surface area (Å²) in [5.74, 6) is -0.229. The minimum Gasteiger partial charge on any atom is -0.494 e. The molecule has 0 aliphatic heterocycles. The van der Waals surface area contributed by atoms with Crippen LogP contribution >= 0.6 is 11.8 Å². The molecule has 0 aliphatic rings. The molecule has 0 fully saturated rings. The van der Waals surface area contributed by atoms with Gasteiger partial charge in [-0.3, -0.25) is 0 Å². The van der Waals surface area contributed by atoms with E-state index in [1.807, 2.05) is 13.8 Å². The second-order valence-electron chi connectivity index (χ2n) is 4.40. The Kier molecular flexibility index (Phi) is 4.00. The summed E-state index contributed by atoms with van der Waals surface area (Å²) in [5.41, 5.74) is 8.63. The third-order valence-electron chi connectivity index (χ3n) is 2.85. The van der Waals surface area contributed by atoms with Crippen LogP contribution in [0.3, 0.4) is 0 Å². The molecule has 2 rings (SSSR count). The van der Waals surface area contributed by atoms with Crippen molar-refractivity contribution in [3.63, 3.8) is 0 Å². The standard InChI is InChI=1S/C15H16FNOS/c1-9-4-5-10(2)14(6-9)19-15-8-13(18-3)11(16)7-12(15)17/h4-8H,17H2,1-3H3. The smallest absolute Gasteiger partial charge is 0.167 e. The zero-order chi connectivity index (χ0) is 14.0. The fourth-order valence-corrected chi connectivity index (χ4v) is 2.78. The summed E-state index contributed by atoms with van der Waals surface area (Å²) in [4.78, 5) is 1.91. The number of halogens is 1. The first kappa shape index (κ1) is 13.7. The molecule has 0 spiro atoms. The van der Waals surface area contributed by atoms with E-state index >= 15 is 0 Å². The van der Waals surface area contributed by atoms with E-state index in [4.69, 9.17) is 10.5 Å². The lowest BCUT2D eigenvalue weighted by atomic mass is 10.2. The molecule has 0 atom stereocenters. The number of benzene rings is 2. The first-order valence-corrected chi connectivity index (χ1v) is 6.71. The highest BCUT2D eigenvalue weighted by molar-refractivity contribution is 7.99. The van der Waals surface area contributed by atoms with Crippen LogP contribution in [0.5, 0.6) is 5.75 Å². The number of rotatable bonds is 3. The van der Waals surface area contributed by atoms with Gasteiger partial charge in [-0.25, -0.2) is 4.39 Å². The quantitative estimate of drug-likeness (QED) is 0.855. The number of hydrogen-bond donors (Lipinski definition) is 1. The predicted molar refractivity (Wildman–Crippen MR) is 77.4 cm³/mol. The average Bonchev–Trinajstić information content (AvgIpc) is 2.37. The summed E-state index contributed by atoms with van der Waals surface area (Å²) in [6.45, 7) is 4.08. The normalized spacial score (nSPS) is 10.5. The van der Waals surface area contributed by atoms with E-state index in [2.05, 4.69) is 18.2 Å². The molecule has 2 nitrogen and oxygen atoms in total. The van der Waals surface area contributed by atoms with Gasteiger partial charge in [0.15, 0.2) is 11.6 Å². The van der Waals surface area contributed by atoms with E-state index in [-0.39, 0.29) is 5.75 Å². The van der Waals surface area contributed by atoms with Crippen LogP contribution in [0.25, 0.3) is 0 Å². The Labute approximate surface area is 116 Å². The number of methoxy groups -OCH3 is 1. The van der Waals surface area contributed by atoms with Crippen molar-refractivity contribution in [3.05, 3.63) is 47.3 Å². The second-order valence-corrected chi connectivity index (χ2v) is 5.48. The molecule has 0 unspecified atom stereocenters. The monoisotopic (exact) mass is 277 g/mol.